The zero-order valence-electron chi connectivity index (χ0n) is 7.01. The van der Waals surface area contributed by atoms with Crippen LogP contribution in [0.25, 0.3) is 0 Å². The molecule has 0 atom stereocenters. The molecule has 1 aliphatic rings. The molecular formula is C8H15N3. The highest BCUT2D eigenvalue weighted by Crippen LogP contribution is 2.14. The van der Waals surface area contributed by atoms with Crippen LogP contribution in [0.15, 0.2) is 10.2 Å². The number of nitrogens with two attached hydrogens (primary N) is 1. The van der Waals surface area contributed by atoms with Crippen LogP contribution < -0.4 is 5.73 Å². The van der Waals surface area contributed by atoms with Crippen molar-refractivity contribution in [2.24, 2.45) is 15.9 Å². The first-order chi connectivity index (χ1) is 5.29. The first kappa shape index (κ1) is 8.24. The van der Waals surface area contributed by atoms with E-state index in [0.29, 0.717) is 5.84 Å². The van der Waals surface area contributed by atoms with Gasteiger partial charge in [0.15, 0.2) is 0 Å². The Bertz CT molecular complexity index is 170. The van der Waals surface area contributed by atoms with Crippen molar-refractivity contribution >= 4 is 11.5 Å². The van der Waals surface area contributed by atoms with Crippen LogP contribution in [0.4, 0.5) is 0 Å². The maximum absolute atomic E-state index is 5.35. The van der Waals surface area contributed by atoms with Crippen molar-refractivity contribution < 1.29 is 0 Å². The lowest BCUT2D eigenvalue weighted by molar-refractivity contribution is 0.664. The summed E-state index contributed by atoms with van der Waals surface area (Å²) >= 11 is 0. The Kier molecular flexibility index (Phi) is 3.08. The molecule has 0 saturated heterocycles. The largest absolute Gasteiger partial charge is 0.386 e. The molecule has 1 saturated carbocycles. The summed E-state index contributed by atoms with van der Waals surface area (Å²) in [7, 11) is 0. The molecule has 2 N–H and O–H groups in total. The van der Waals surface area contributed by atoms with Gasteiger partial charge in [0.1, 0.15) is 5.84 Å². The topological polar surface area (TPSA) is 50.7 Å². The van der Waals surface area contributed by atoms with E-state index in [9.17, 15) is 0 Å². The second-order valence-electron chi connectivity index (χ2n) is 2.97. The summed E-state index contributed by atoms with van der Waals surface area (Å²) in [4.78, 5) is 0. The summed E-state index contributed by atoms with van der Waals surface area (Å²) in [5.41, 5.74) is 6.56. The van der Waals surface area contributed by atoms with Crippen LogP contribution in [-0.2, 0) is 0 Å². The predicted octanol–water partition coefficient (Wildman–Crippen LogP) is 1.68. The second kappa shape index (κ2) is 4.11. The van der Waals surface area contributed by atoms with Crippen LogP contribution in [0.2, 0.25) is 0 Å². The van der Waals surface area contributed by atoms with Crippen LogP contribution in [0.3, 0.4) is 0 Å². The van der Waals surface area contributed by atoms with Gasteiger partial charge >= 0.3 is 0 Å². The fourth-order valence-corrected chi connectivity index (χ4v) is 1.21. The van der Waals surface area contributed by atoms with E-state index in [1.807, 2.05) is 0 Å². The van der Waals surface area contributed by atoms with Gasteiger partial charge in [-0.2, -0.15) is 5.10 Å². The number of rotatable bonds is 1. The molecule has 0 aromatic heterocycles. The Morgan fingerprint density at radius 2 is 1.91 bits per heavy atom. The molecule has 0 amide bonds. The number of nitrogens with zero attached hydrogens (tertiary/aromatic N) is 2. The van der Waals surface area contributed by atoms with Crippen molar-refractivity contribution in [1.82, 2.24) is 0 Å². The minimum absolute atomic E-state index is 0.545. The van der Waals surface area contributed by atoms with E-state index in [-0.39, 0.29) is 0 Å². The Labute approximate surface area is 67.4 Å². The number of amidine groups is 1. The monoisotopic (exact) mass is 153 g/mol. The van der Waals surface area contributed by atoms with E-state index in [0.717, 1.165) is 12.8 Å². The Hall–Kier alpha value is -0.860. The smallest absolute Gasteiger partial charge is 0.119 e. The molecule has 0 aromatic carbocycles. The molecule has 1 fully saturated rings. The Morgan fingerprint density at radius 3 is 2.45 bits per heavy atom. The van der Waals surface area contributed by atoms with Crippen LogP contribution in [0.5, 0.6) is 0 Å². The summed E-state index contributed by atoms with van der Waals surface area (Å²) < 4.78 is 0. The lowest BCUT2D eigenvalue weighted by Gasteiger charge is -2.09. The molecule has 0 aromatic rings. The number of hydrogen-bond acceptors (Lipinski definition) is 2. The van der Waals surface area contributed by atoms with Crippen LogP contribution in [-0.4, -0.2) is 11.5 Å². The summed E-state index contributed by atoms with van der Waals surface area (Å²) in [6.07, 6.45) is 6.08. The van der Waals surface area contributed by atoms with Gasteiger partial charge in [0, 0.05) is 5.71 Å². The summed E-state index contributed by atoms with van der Waals surface area (Å²) in [5, 5.41) is 7.89. The fraction of sp³-hybridized carbons (Fsp3) is 0.750. The van der Waals surface area contributed by atoms with Gasteiger partial charge in [-0.1, -0.05) is 6.42 Å². The highest BCUT2D eigenvalue weighted by atomic mass is 15.2. The van der Waals surface area contributed by atoms with Gasteiger partial charge in [0.05, 0.1) is 0 Å². The lowest BCUT2D eigenvalue weighted by Crippen LogP contribution is -2.07. The molecule has 0 bridgehead atoms. The summed E-state index contributed by atoms with van der Waals surface area (Å²) in [6.45, 7) is 1.76. The summed E-state index contributed by atoms with van der Waals surface area (Å²) in [6, 6.07) is 0. The van der Waals surface area contributed by atoms with Gasteiger partial charge in [0.2, 0.25) is 0 Å². The van der Waals surface area contributed by atoms with E-state index in [1.54, 1.807) is 6.92 Å². The minimum atomic E-state index is 0.545. The maximum atomic E-state index is 5.35. The molecule has 62 valence electrons. The Balaban J connectivity index is 2.44. The average molecular weight is 153 g/mol. The van der Waals surface area contributed by atoms with E-state index in [2.05, 4.69) is 10.2 Å². The molecule has 0 heterocycles. The van der Waals surface area contributed by atoms with Crippen molar-refractivity contribution in [3.8, 4) is 0 Å². The predicted molar refractivity (Wildman–Crippen MR) is 47.8 cm³/mol. The first-order valence-corrected chi connectivity index (χ1v) is 4.14. The van der Waals surface area contributed by atoms with Crippen LogP contribution in [0.1, 0.15) is 39.0 Å². The van der Waals surface area contributed by atoms with E-state index >= 15 is 0 Å². The second-order valence-corrected chi connectivity index (χ2v) is 2.97. The lowest BCUT2D eigenvalue weighted by atomic mass is 9.99. The molecule has 0 aliphatic heterocycles. The maximum Gasteiger partial charge on any atom is 0.119 e. The van der Waals surface area contributed by atoms with Gasteiger partial charge in [-0.3, -0.25) is 0 Å². The number of hydrogen-bond donors (Lipinski definition) is 1. The zero-order chi connectivity index (χ0) is 8.10. The van der Waals surface area contributed by atoms with Gasteiger partial charge in [-0.15, -0.1) is 5.10 Å². The highest BCUT2D eigenvalue weighted by Gasteiger charge is 2.05. The standard InChI is InChI=1S/C8H15N3/c1-7(9)10-11-8-5-3-2-4-6-8/h2-6H2,1H3,(H2,9,10). The zero-order valence-corrected chi connectivity index (χ0v) is 7.01. The van der Waals surface area contributed by atoms with Crippen LogP contribution in [0, 0.1) is 0 Å². The molecule has 3 nitrogen and oxygen atoms in total. The van der Waals surface area contributed by atoms with Crippen molar-refractivity contribution in [3.63, 3.8) is 0 Å². The minimum Gasteiger partial charge on any atom is -0.386 e. The van der Waals surface area contributed by atoms with Crippen molar-refractivity contribution in [3.05, 3.63) is 0 Å². The van der Waals surface area contributed by atoms with Crippen LogP contribution >= 0.6 is 0 Å². The van der Waals surface area contributed by atoms with E-state index in [1.165, 1.54) is 25.0 Å². The molecule has 0 unspecified atom stereocenters. The molecule has 11 heavy (non-hydrogen) atoms. The normalized spacial score (nSPS) is 20.1. The third-order valence-corrected chi connectivity index (χ3v) is 1.78. The van der Waals surface area contributed by atoms with Gasteiger partial charge < -0.3 is 5.73 Å². The van der Waals surface area contributed by atoms with Gasteiger partial charge in [-0.25, -0.2) is 0 Å². The van der Waals surface area contributed by atoms with Crippen molar-refractivity contribution in [2.45, 2.75) is 39.0 Å². The first-order valence-electron chi connectivity index (χ1n) is 4.14. The van der Waals surface area contributed by atoms with Crippen molar-refractivity contribution in [1.29, 1.82) is 0 Å². The third kappa shape index (κ3) is 3.16. The van der Waals surface area contributed by atoms with E-state index in [4.69, 9.17) is 5.73 Å². The quantitative estimate of drug-likeness (QED) is 0.348. The molecule has 1 rings (SSSR count). The molecule has 0 radical (unpaired) electrons. The average Bonchev–Trinajstić information content (AvgIpc) is 2.03. The Morgan fingerprint density at radius 1 is 1.27 bits per heavy atom. The third-order valence-electron chi connectivity index (χ3n) is 1.78. The summed E-state index contributed by atoms with van der Waals surface area (Å²) in [5.74, 6) is 0.545. The molecule has 1 aliphatic carbocycles. The van der Waals surface area contributed by atoms with Gasteiger partial charge in [0.25, 0.3) is 0 Å². The SMILES string of the molecule is C/C(N)=N/N=C1CCCCC1. The van der Waals surface area contributed by atoms with Crippen molar-refractivity contribution in [2.75, 3.05) is 0 Å². The molecular weight excluding hydrogens is 138 g/mol. The fourth-order valence-electron chi connectivity index (χ4n) is 1.21. The van der Waals surface area contributed by atoms with E-state index < -0.39 is 0 Å². The molecule has 3 heteroatoms. The highest BCUT2D eigenvalue weighted by molar-refractivity contribution is 5.86. The molecule has 0 spiro atoms. The van der Waals surface area contributed by atoms with Gasteiger partial charge in [-0.05, 0) is 32.6 Å².